The summed E-state index contributed by atoms with van der Waals surface area (Å²) in [4.78, 5) is 37.0. The van der Waals surface area contributed by atoms with E-state index in [4.69, 9.17) is 16.3 Å². The van der Waals surface area contributed by atoms with Crippen molar-refractivity contribution in [3.05, 3.63) is 64.3 Å². The van der Waals surface area contributed by atoms with Crippen LogP contribution in [0.3, 0.4) is 0 Å². The first kappa shape index (κ1) is 27.1. The maximum Gasteiger partial charge on any atom is 0.406 e. The van der Waals surface area contributed by atoms with Gasteiger partial charge in [-0.1, -0.05) is 31.5 Å². The number of benzene rings is 2. The number of alkyl halides is 3. The van der Waals surface area contributed by atoms with Gasteiger partial charge >= 0.3 is 12.1 Å². The van der Waals surface area contributed by atoms with E-state index in [1.165, 1.54) is 24.3 Å². The molecular weight excluding hydrogens is 499 g/mol. The Balaban J connectivity index is 1.87. The number of aromatic nitrogens is 1. The van der Waals surface area contributed by atoms with Gasteiger partial charge in [0, 0.05) is 29.1 Å². The van der Waals surface area contributed by atoms with Crippen LogP contribution in [-0.4, -0.2) is 35.1 Å². The Hall–Kier alpha value is -3.53. The zero-order valence-corrected chi connectivity index (χ0v) is 20.6. The van der Waals surface area contributed by atoms with Gasteiger partial charge in [-0.25, -0.2) is 4.79 Å². The zero-order valence-electron chi connectivity index (χ0n) is 19.8. The van der Waals surface area contributed by atoms with E-state index >= 15 is 0 Å². The molecule has 1 heterocycles. The lowest BCUT2D eigenvalue weighted by molar-refractivity contribution is -0.140. The highest BCUT2D eigenvalue weighted by atomic mass is 35.5. The fourth-order valence-electron chi connectivity index (χ4n) is 3.52. The van der Waals surface area contributed by atoms with E-state index in [-0.39, 0.29) is 46.8 Å². The van der Waals surface area contributed by atoms with Crippen LogP contribution < -0.4 is 10.6 Å². The number of amides is 2. The smallest absolute Gasteiger partial charge is 0.406 e. The fourth-order valence-corrected chi connectivity index (χ4v) is 3.72. The summed E-state index contributed by atoms with van der Waals surface area (Å²) in [6, 6.07) is 10.4. The van der Waals surface area contributed by atoms with Gasteiger partial charge in [0.05, 0.1) is 17.2 Å². The van der Waals surface area contributed by atoms with E-state index in [1.807, 2.05) is 0 Å². The van der Waals surface area contributed by atoms with Crippen LogP contribution in [0.25, 0.3) is 10.9 Å². The number of rotatable bonds is 8. The van der Waals surface area contributed by atoms with Gasteiger partial charge in [0.15, 0.2) is 0 Å². The van der Waals surface area contributed by atoms with Crippen molar-refractivity contribution in [1.29, 1.82) is 0 Å². The number of anilines is 1. The second-order valence-electron chi connectivity index (χ2n) is 8.37. The van der Waals surface area contributed by atoms with Crippen molar-refractivity contribution >= 4 is 46.0 Å². The van der Waals surface area contributed by atoms with Crippen molar-refractivity contribution in [3.8, 4) is 0 Å². The summed E-state index contributed by atoms with van der Waals surface area (Å²) in [7, 11) is 0. The number of hydrogen-bond acceptors (Lipinski definition) is 4. The maximum absolute atomic E-state index is 13.2. The molecule has 0 radical (unpaired) electrons. The van der Waals surface area contributed by atoms with Crippen molar-refractivity contribution in [1.82, 2.24) is 9.88 Å². The Kier molecular flexibility index (Phi) is 8.29. The average molecular weight is 524 g/mol. The number of halogens is 4. The minimum absolute atomic E-state index is 0.00859. The summed E-state index contributed by atoms with van der Waals surface area (Å²) < 4.78 is 45.2. The topological polar surface area (TPSA) is 89.4 Å². The van der Waals surface area contributed by atoms with Crippen molar-refractivity contribution in [2.24, 2.45) is 5.92 Å². The molecule has 1 aromatic heterocycles. The normalized spacial score (nSPS) is 11.6. The summed E-state index contributed by atoms with van der Waals surface area (Å²) in [5, 5.41) is 5.94. The molecule has 0 unspecified atom stereocenters. The van der Waals surface area contributed by atoms with E-state index < -0.39 is 24.6 Å². The van der Waals surface area contributed by atoms with Gasteiger partial charge in [0.2, 0.25) is 5.91 Å². The third-order valence-corrected chi connectivity index (χ3v) is 5.58. The first-order valence-electron chi connectivity index (χ1n) is 11.1. The van der Waals surface area contributed by atoms with E-state index in [1.54, 1.807) is 39.0 Å². The second-order valence-corrected chi connectivity index (χ2v) is 8.77. The van der Waals surface area contributed by atoms with Crippen molar-refractivity contribution in [2.75, 3.05) is 11.9 Å². The molecule has 0 atom stereocenters. The van der Waals surface area contributed by atoms with Gasteiger partial charge in [0.25, 0.3) is 5.91 Å². The summed E-state index contributed by atoms with van der Waals surface area (Å²) in [5.74, 6) is -1.75. The molecule has 3 rings (SSSR count). The summed E-state index contributed by atoms with van der Waals surface area (Å²) in [5.41, 5.74) is 1.04. The molecule has 2 N–H and O–H groups in total. The SMILES string of the molecule is CCOC(=O)c1cc2cc(NC(=O)c3cc(CNC(=O)C(C)C)ccc3Cl)ccc2n1CC(F)(F)F. The zero-order chi connectivity index (χ0) is 26.6. The highest BCUT2D eigenvalue weighted by molar-refractivity contribution is 6.34. The predicted octanol–water partition coefficient (Wildman–Crippen LogP) is 5.56. The monoisotopic (exact) mass is 523 g/mol. The minimum atomic E-state index is -4.56. The molecular formula is C25H25ClF3N3O4. The average Bonchev–Trinajstić information content (AvgIpc) is 3.14. The predicted molar refractivity (Wildman–Crippen MR) is 130 cm³/mol. The molecule has 7 nitrogen and oxygen atoms in total. The van der Waals surface area contributed by atoms with Crippen LogP contribution in [0, 0.1) is 5.92 Å². The Morgan fingerprint density at radius 1 is 1.08 bits per heavy atom. The maximum atomic E-state index is 13.2. The van der Waals surface area contributed by atoms with Gasteiger partial charge in [-0.2, -0.15) is 13.2 Å². The molecule has 0 aliphatic heterocycles. The van der Waals surface area contributed by atoms with Crippen molar-refractivity contribution in [3.63, 3.8) is 0 Å². The van der Waals surface area contributed by atoms with Gasteiger partial charge in [-0.05, 0) is 48.9 Å². The molecule has 11 heteroatoms. The Labute approximate surface area is 210 Å². The van der Waals surface area contributed by atoms with Crippen LogP contribution in [0.5, 0.6) is 0 Å². The first-order valence-corrected chi connectivity index (χ1v) is 11.5. The lowest BCUT2D eigenvalue weighted by Gasteiger charge is -2.13. The molecule has 3 aromatic rings. The van der Waals surface area contributed by atoms with E-state index in [2.05, 4.69) is 10.6 Å². The standard InChI is InChI=1S/C25H25ClF3N3O4/c1-4-36-24(35)21-11-16-10-17(6-8-20(16)32(21)13-25(27,28)29)31-23(34)18-9-15(5-7-19(18)26)12-30-22(33)14(2)3/h5-11,14H,4,12-13H2,1-3H3,(H,30,33)(H,31,34). The third-order valence-electron chi connectivity index (χ3n) is 5.25. The molecule has 0 spiro atoms. The first-order chi connectivity index (χ1) is 16.9. The molecule has 36 heavy (non-hydrogen) atoms. The van der Waals surface area contributed by atoms with Crippen LogP contribution >= 0.6 is 11.6 Å². The molecule has 2 aromatic carbocycles. The molecule has 0 fully saturated rings. The Bertz CT molecular complexity index is 1300. The lowest BCUT2D eigenvalue weighted by Crippen LogP contribution is -2.27. The molecule has 0 aliphatic rings. The third kappa shape index (κ3) is 6.57. The van der Waals surface area contributed by atoms with E-state index in [0.717, 1.165) is 4.57 Å². The minimum Gasteiger partial charge on any atom is -0.461 e. The number of fused-ring (bicyclic) bond motifs is 1. The van der Waals surface area contributed by atoms with Crippen molar-refractivity contribution < 1.29 is 32.3 Å². The number of hydrogen-bond donors (Lipinski definition) is 2. The number of ether oxygens (including phenoxy) is 1. The largest absolute Gasteiger partial charge is 0.461 e. The summed E-state index contributed by atoms with van der Waals surface area (Å²) >= 11 is 6.21. The molecule has 0 bridgehead atoms. The molecule has 0 saturated heterocycles. The highest BCUT2D eigenvalue weighted by Gasteiger charge is 2.31. The number of esters is 1. The fraction of sp³-hybridized carbons (Fsp3) is 0.320. The number of nitrogens with zero attached hydrogens (tertiary/aromatic N) is 1. The Morgan fingerprint density at radius 3 is 2.44 bits per heavy atom. The van der Waals surface area contributed by atoms with E-state index in [0.29, 0.717) is 16.6 Å². The second kappa shape index (κ2) is 11.0. The van der Waals surface area contributed by atoms with Crippen LogP contribution in [0.4, 0.5) is 18.9 Å². The molecule has 192 valence electrons. The van der Waals surface area contributed by atoms with Crippen LogP contribution in [0.1, 0.15) is 47.2 Å². The summed E-state index contributed by atoms with van der Waals surface area (Å²) in [6.45, 7) is 3.94. The van der Waals surface area contributed by atoms with Gasteiger partial charge in [0.1, 0.15) is 12.2 Å². The van der Waals surface area contributed by atoms with Crippen molar-refractivity contribution in [2.45, 2.75) is 40.0 Å². The summed E-state index contributed by atoms with van der Waals surface area (Å²) in [6.07, 6.45) is -4.56. The van der Waals surface area contributed by atoms with Gasteiger partial charge in [-0.15, -0.1) is 0 Å². The lowest BCUT2D eigenvalue weighted by atomic mass is 10.1. The van der Waals surface area contributed by atoms with Crippen LogP contribution in [0.2, 0.25) is 5.02 Å². The van der Waals surface area contributed by atoms with E-state index in [9.17, 15) is 27.6 Å². The molecule has 0 saturated carbocycles. The van der Waals surface area contributed by atoms with Crippen LogP contribution in [0.15, 0.2) is 42.5 Å². The van der Waals surface area contributed by atoms with Crippen LogP contribution in [-0.2, 0) is 22.6 Å². The van der Waals surface area contributed by atoms with Gasteiger partial charge in [-0.3, -0.25) is 9.59 Å². The molecule has 0 aliphatic carbocycles. The Morgan fingerprint density at radius 2 is 1.81 bits per heavy atom. The number of nitrogens with one attached hydrogen (secondary N) is 2. The quantitative estimate of drug-likeness (QED) is 0.378. The van der Waals surface area contributed by atoms with Gasteiger partial charge < -0.3 is 19.9 Å². The molecule has 2 amide bonds. The number of carbonyl (C=O) groups excluding carboxylic acids is 3. The highest BCUT2D eigenvalue weighted by Crippen LogP contribution is 2.29. The number of carbonyl (C=O) groups is 3.